The number of anilines is 1. The molecule has 110 valence electrons. The molecule has 2 aromatic carbocycles. The number of hydrogen-bond donors (Lipinski definition) is 1. The molecule has 0 heterocycles. The average Bonchev–Trinajstić information content (AvgIpc) is 2.45. The van der Waals surface area contributed by atoms with E-state index in [1.165, 1.54) is 0 Å². The van der Waals surface area contributed by atoms with E-state index < -0.39 is 0 Å². The Balaban J connectivity index is 1.88. The second-order valence-electron chi connectivity index (χ2n) is 4.74. The summed E-state index contributed by atoms with van der Waals surface area (Å²) >= 11 is 5.92. The SMILES string of the molecule is CN(Cc1cccc(Cl)c1)C(=O)COc1cccc(N)c1. The number of nitrogens with zero attached hydrogens (tertiary/aromatic N) is 1. The van der Waals surface area contributed by atoms with Crippen molar-refractivity contribution in [3.63, 3.8) is 0 Å². The van der Waals surface area contributed by atoms with Crippen molar-refractivity contribution in [3.05, 3.63) is 59.1 Å². The zero-order chi connectivity index (χ0) is 15.2. The van der Waals surface area contributed by atoms with Crippen molar-refractivity contribution in [3.8, 4) is 5.75 Å². The van der Waals surface area contributed by atoms with Crippen LogP contribution in [0, 0.1) is 0 Å². The van der Waals surface area contributed by atoms with Crippen LogP contribution in [0.2, 0.25) is 5.02 Å². The summed E-state index contributed by atoms with van der Waals surface area (Å²) in [4.78, 5) is 13.6. The molecule has 1 amide bonds. The minimum atomic E-state index is -0.114. The number of rotatable bonds is 5. The molecule has 0 fully saturated rings. The van der Waals surface area contributed by atoms with Crippen LogP contribution in [-0.4, -0.2) is 24.5 Å². The summed E-state index contributed by atoms with van der Waals surface area (Å²) in [5, 5.41) is 0.657. The number of nitrogen functional groups attached to an aromatic ring is 1. The summed E-state index contributed by atoms with van der Waals surface area (Å²) in [5.41, 5.74) is 7.23. The number of halogens is 1. The molecule has 0 bridgehead atoms. The lowest BCUT2D eigenvalue weighted by Gasteiger charge is -2.17. The van der Waals surface area contributed by atoms with Crippen molar-refractivity contribution >= 4 is 23.2 Å². The summed E-state index contributed by atoms with van der Waals surface area (Å²) in [6.07, 6.45) is 0. The van der Waals surface area contributed by atoms with Crippen molar-refractivity contribution in [1.82, 2.24) is 4.90 Å². The van der Waals surface area contributed by atoms with E-state index in [2.05, 4.69) is 0 Å². The monoisotopic (exact) mass is 304 g/mol. The summed E-state index contributed by atoms with van der Waals surface area (Å²) in [6, 6.07) is 14.4. The van der Waals surface area contributed by atoms with E-state index in [-0.39, 0.29) is 12.5 Å². The van der Waals surface area contributed by atoms with E-state index in [1.807, 2.05) is 18.2 Å². The van der Waals surface area contributed by atoms with E-state index >= 15 is 0 Å². The molecule has 0 unspecified atom stereocenters. The number of likely N-dealkylation sites (N-methyl/N-ethyl adjacent to an activating group) is 1. The maximum atomic E-state index is 12.0. The van der Waals surface area contributed by atoms with E-state index in [4.69, 9.17) is 22.1 Å². The molecule has 2 aromatic rings. The maximum Gasteiger partial charge on any atom is 0.260 e. The second kappa shape index (κ2) is 6.99. The Labute approximate surface area is 129 Å². The lowest BCUT2D eigenvalue weighted by atomic mass is 10.2. The molecule has 0 spiro atoms. The number of nitrogens with two attached hydrogens (primary N) is 1. The Morgan fingerprint density at radius 1 is 1.24 bits per heavy atom. The van der Waals surface area contributed by atoms with Gasteiger partial charge in [-0.3, -0.25) is 4.79 Å². The van der Waals surface area contributed by atoms with Gasteiger partial charge in [-0.05, 0) is 29.8 Å². The zero-order valence-electron chi connectivity index (χ0n) is 11.8. The Bertz CT molecular complexity index is 631. The van der Waals surface area contributed by atoms with E-state index in [0.29, 0.717) is 23.0 Å². The predicted molar refractivity (Wildman–Crippen MR) is 84.3 cm³/mol. The van der Waals surface area contributed by atoms with Crippen LogP contribution in [0.3, 0.4) is 0 Å². The highest BCUT2D eigenvalue weighted by Crippen LogP contribution is 2.15. The largest absolute Gasteiger partial charge is 0.484 e. The van der Waals surface area contributed by atoms with Crippen LogP contribution >= 0.6 is 11.6 Å². The van der Waals surface area contributed by atoms with Crippen molar-refractivity contribution in [2.45, 2.75) is 6.54 Å². The van der Waals surface area contributed by atoms with Gasteiger partial charge in [-0.25, -0.2) is 0 Å². The average molecular weight is 305 g/mol. The van der Waals surface area contributed by atoms with Crippen molar-refractivity contribution < 1.29 is 9.53 Å². The number of hydrogen-bond acceptors (Lipinski definition) is 3. The van der Waals surface area contributed by atoms with Crippen LogP contribution in [-0.2, 0) is 11.3 Å². The topological polar surface area (TPSA) is 55.6 Å². The van der Waals surface area contributed by atoms with Gasteiger partial charge in [-0.15, -0.1) is 0 Å². The normalized spacial score (nSPS) is 10.2. The molecule has 0 aromatic heterocycles. The van der Waals surface area contributed by atoms with Gasteiger partial charge in [0.15, 0.2) is 6.61 Å². The minimum Gasteiger partial charge on any atom is -0.484 e. The maximum absolute atomic E-state index is 12.0. The fourth-order valence-electron chi connectivity index (χ4n) is 1.86. The van der Waals surface area contributed by atoms with Gasteiger partial charge in [-0.1, -0.05) is 29.8 Å². The van der Waals surface area contributed by atoms with Gasteiger partial charge >= 0.3 is 0 Å². The molecule has 2 rings (SSSR count). The van der Waals surface area contributed by atoms with Crippen molar-refractivity contribution in [1.29, 1.82) is 0 Å². The molecular formula is C16H17ClN2O2. The van der Waals surface area contributed by atoms with Crippen molar-refractivity contribution in [2.75, 3.05) is 19.4 Å². The summed E-state index contributed by atoms with van der Waals surface area (Å²) in [6.45, 7) is 0.459. The van der Waals surface area contributed by atoms with E-state index in [9.17, 15) is 4.79 Å². The predicted octanol–water partition coefficient (Wildman–Crippen LogP) is 2.96. The van der Waals surface area contributed by atoms with Crippen LogP contribution in [0.4, 0.5) is 5.69 Å². The van der Waals surface area contributed by atoms with Gasteiger partial charge in [0.2, 0.25) is 0 Å². The Hall–Kier alpha value is -2.20. The summed E-state index contributed by atoms with van der Waals surface area (Å²) < 4.78 is 5.43. The first-order chi connectivity index (χ1) is 10.0. The quantitative estimate of drug-likeness (QED) is 0.864. The second-order valence-corrected chi connectivity index (χ2v) is 5.18. The number of ether oxygens (including phenoxy) is 1. The van der Waals surface area contributed by atoms with E-state index in [0.717, 1.165) is 5.56 Å². The zero-order valence-corrected chi connectivity index (χ0v) is 12.5. The van der Waals surface area contributed by atoms with Crippen LogP contribution in [0.5, 0.6) is 5.75 Å². The van der Waals surface area contributed by atoms with Gasteiger partial charge in [0.05, 0.1) is 0 Å². The first-order valence-corrected chi connectivity index (χ1v) is 6.89. The number of amides is 1. The highest BCUT2D eigenvalue weighted by atomic mass is 35.5. The molecule has 0 aliphatic rings. The molecule has 5 heteroatoms. The van der Waals surface area contributed by atoms with E-state index in [1.54, 1.807) is 42.3 Å². The summed E-state index contributed by atoms with van der Waals surface area (Å²) in [7, 11) is 1.73. The van der Waals surface area contributed by atoms with Gasteiger partial charge in [0, 0.05) is 30.4 Å². The Morgan fingerprint density at radius 2 is 2.00 bits per heavy atom. The van der Waals surface area contributed by atoms with Crippen LogP contribution in [0.25, 0.3) is 0 Å². The molecular weight excluding hydrogens is 288 g/mol. The van der Waals surface area contributed by atoms with Gasteiger partial charge in [0.1, 0.15) is 5.75 Å². The highest BCUT2D eigenvalue weighted by molar-refractivity contribution is 6.30. The lowest BCUT2D eigenvalue weighted by Crippen LogP contribution is -2.30. The van der Waals surface area contributed by atoms with Gasteiger partial charge in [0.25, 0.3) is 5.91 Å². The number of carbonyl (C=O) groups excluding carboxylic acids is 1. The molecule has 0 saturated carbocycles. The van der Waals surface area contributed by atoms with Crippen LogP contribution in [0.1, 0.15) is 5.56 Å². The summed E-state index contributed by atoms with van der Waals surface area (Å²) in [5.74, 6) is 0.469. The molecule has 4 nitrogen and oxygen atoms in total. The Morgan fingerprint density at radius 3 is 2.71 bits per heavy atom. The molecule has 2 N–H and O–H groups in total. The standard InChI is InChI=1S/C16H17ClN2O2/c1-19(10-12-4-2-5-13(17)8-12)16(20)11-21-15-7-3-6-14(18)9-15/h2-9H,10-11,18H2,1H3. The third-order valence-corrected chi connectivity index (χ3v) is 3.19. The first-order valence-electron chi connectivity index (χ1n) is 6.51. The fraction of sp³-hybridized carbons (Fsp3) is 0.188. The molecule has 0 atom stereocenters. The number of carbonyl (C=O) groups is 1. The van der Waals surface area contributed by atoms with Gasteiger partial charge < -0.3 is 15.4 Å². The fourth-order valence-corrected chi connectivity index (χ4v) is 2.07. The molecule has 0 aliphatic heterocycles. The third-order valence-electron chi connectivity index (χ3n) is 2.95. The molecule has 0 aliphatic carbocycles. The molecule has 0 saturated heterocycles. The molecule has 0 radical (unpaired) electrons. The smallest absolute Gasteiger partial charge is 0.260 e. The first kappa shape index (κ1) is 15.2. The van der Waals surface area contributed by atoms with Crippen LogP contribution < -0.4 is 10.5 Å². The van der Waals surface area contributed by atoms with Gasteiger partial charge in [-0.2, -0.15) is 0 Å². The Kier molecular flexibility index (Phi) is 5.06. The third kappa shape index (κ3) is 4.68. The number of benzene rings is 2. The van der Waals surface area contributed by atoms with Crippen molar-refractivity contribution in [2.24, 2.45) is 0 Å². The highest BCUT2D eigenvalue weighted by Gasteiger charge is 2.10. The minimum absolute atomic E-state index is 0.0273. The lowest BCUT2D eigenvalue weighted by molar-refractivity contribution is -0.132. The molecule has 21 heavy (non-hydrogen) atoms. The van der Waals surface area contributed by atoms with Crippen LogP contribution in [0.15, 0.2) is 48.5 Å².